The molecule has 2 aliphatic carbocycles. The van der Waals surface area contributed by atoms with Crippen molar-refractivity contribution in [3.05, 3.63) is 186 Å². The van der Waals surface area contributed by atoms with E-state index < -0.39 is 0 Å². The molecule has 0 aliphatic heterocycles. The van der Waals surface area contributed by atoms with Crippen molar-refractivity contribution in [3.63, 3.8) is 0 Å². The van der Waals surface area contributed by atoms with E-state index in [1.807, 2.05) is 0 Å². The van der Waals surface area contributed by atoms with Crippen LogP contribution in [-0.2, 0) is 0 Å². The normalized spacial score (nSPS) is 16.1. The summed E-state index contributed by atoms with van der Waals surface area (Å²) < 4.78 is 0. The SMILES string of the molecule is CC/C=C(\C=C/C1CCCC=C1c1ccc(N(C2=C=CCC2)c2ccc(-c3ccccc3)cc2)cc1C)c1ccc(-c2ccccc2)cc1. The second-order valence-electron chi connectivity index (χ2n) is 13.1. The number of allylic oxidation sites excluding steroid dienone is 7. The molecule has 49 heavy (non-hydrogen) atoms. The molecule has 0 amide bonds. The minimum atomic E-state index is 0.393. The molecule has 0 aromatic heterocycles. The number of aryl methyl sites for hydroxylation is 1. The molecule has 0 bridgehead atoms. The molecule has 0 N–H and O–H groups in total. The number of hydrogen-bond donors (Lipinski definition) is 0. The van der Waals surface area contributed by atoms with E-state index in [9.17, 15) is 0 Å². The van der Waals surface area contributed by atoms with Crippen LogP contribution < -0.4 is 4.90 Å². The maximum atomic E-state index is 3.56. The standard InChI is InChI=1S/C48H45N/c1-3-14-37(40-23-25-41(26-24-40)38-15-6-4-7-16-38)27-28-43-19-10-13-22-48(43)47-34-33-46(35-36(47)2)49(44-20-11-12-21-44)45-31-29-42(30-32-45)39-17-8-5-9-18-39/h4-9,11,14-18,22-35,43H,3,10,12-13,19,21H2,1-2H3/b28-27-,37-14+. The summed E-state index contributed by atoms with van der Waals surface area (Å²) in [6.45, 7) is 4.50. The molecule has 1 nitrogen and oxygen atoms in total. The molecule has 0 saturated carbocycles. The Labute approximate surface area is 293 Å². The minimum Gasteiger partial charge on any atom is -0.307 e. The van der Waals surface area contributed by atoms with Crippen LogP contribution in [0.2, 0.25) is 0 Å². The van der Waals surface area contributed by atoms with Crippen LogP contribution in [0.1, 0.15) is 62.1 Å². The lowest BCUT2D eigenvalue weighted by Gasteiger charge is -2.28. The molecule has 1 atom stereocenters. The van der Waals surface area contributed by atoms with E-state index in [2.05, 4.69) is 182 Å². The lowest BCUT2D eigenvalue weighted by atomic mass is 9.81. The van der Waals surface area contributed by atoms with Crippen LogP contribution in [0.15, 0.2) is 169 Å². The summed E-state index contributed by atoms with van der Waals surface area (Å²) in [6, 6.07) is 46.3. The average molecular weight is 636 g/mol. The summed E-state index contributed by atoms with van der Waals surface area (Å²) in [5.74, 6) is 0.393. The van der Waals surface area contributed by atoms with E-state index in [0.717, 1.165) is 25.7 Å². The lowest BCUT2D eigenvalue weighted by molar-refractivity contribution is 0.646. The minimum absolute atomic E-state index is 0.393. The van der Waals surface area contributed by atoms with Gasteiger partial charge in [0.25, 0.3) is 0 Å². The summed E-state index contributed by atoms with van der Waals surface area (Å²) in [5, 5.41) is 0. The maximum absolute atomic E-state index is 3.56. The molecule has 0 fully saturated rings. The highest BCUT2D eigenvalue weighted by Crippen LogP contribution is 2.40. The molecule has 5 aromatic rings. The topological polar surface area (TPSA) is 3.24 Å². The van der Waals surface area contributed by atoms with Crippen molar-refractivity contribution in [2.24, 2.45) is 5.92 Å². The van der Waals surface area contributed by atoms with Crippen LogP contribution in [0.25, 0.3) is 33.4 Å². The Morgan fingerprint density at radius 3 is 1.98 bits per heavy atom. The quantitative estimate of drug-likeness (QED) is 0.109. The fraction of sp³-hybridized carbons (Fsp3) is 0.188. The predicted octanol–water partition coefficient (Wildman–Crippen LogP) is 13.5. The summed E-state index contributed by atoms with van der Waals surface area (Å²) in [5.41, 5.74) is 18.8. The molecule has 7 rings (SSSR count). The van der Waals surface area contributed by atoms with Gasteiger partial charge in [0.1, 0.15) is 0 Å². The Morgan fingerprint density at radius 2 is 1.37 bits per heavy atom. The molecule has 2 aliphatic rings. The average Bonchev–Trinajstić information content (AvgIpc) is 3.69. The van der Waals surface area contributed by atoms with Gasteiger partial charge >= 0.3 is 0 Å². The van der Waals surface area contributed by atoms with E-state index in [-0.39, 0.29) is 0 Å². The first-order chi connectivity index (χ1) is 24.2. The Bertz CT molecular complexity index is 2030. The van der Waals surface area contributed by atoms with Gasteiger partial charge in [-0.1, -0.05) is 134 Å². The Morgan fingerprint density at radius 1 is 0.735 bits per heavy atom. The molecule has 242 valence electrons. The zero-order chi connectivity index (χ0) is 33.4. The first-order valence-electron chi connectivity index (χ1n) is 17.9. The van der Waals surface area contributed by atoms with Crippen LogP contribution in [0.3, 0.4) is 0 Å². The smallest absolute Gasteiger partial charge is 0.0655 e. The van der Waals surface area contributed by atoms with Gasteiger partial charge in [0.05, 0.1) is 5.70 Å². The van der Waals surface area contributed by atoms with Gasteiger partial charge in [0.2, 0.25) is 0 Å². The van der Waals surface area contributed by atoms with E-state index in [0.29, 0.717) is 5.92 Å². The number of anilines is 2. The molecular formula is C48H45N. The van der Waals surface area contributed by atoms with Crippen molar-refractivity contribution in [1.29, 1.82) is 0 Å². The predicted molar refractivity (Wildman–Crippen MR) is 211 cm³/mol. The zero-order valence-electron chi connectivity index (χ0n) is 28.8. The second kappa shape index (κ2) is 15.2. The Balaban J connectivity index is 1.14. The second-order valence-corrected chi connectivity index (χ2v) is 13.1. The Kier molecular flexibility index (Phi) is 10.0. The van der Waals surface area contributed by atoms with Gasteiger partial charge in [-0.15, -0.1) is 5.73 Å². The van der Waals surface area contributed by atoms with Gasteiger partial charge in [-0.2, -0.15) is 0 Å². The molecule has 1 unspecified atom stereocenters. The van der Waals surface area contributed by atoms with Crippen molar-refractivity contribution < 1.29 is 0 Å². The van der Waals surface area contributed by atoms with Gasteiger partial charge in [0.15, 0.2) is 0 Å². The van der Waals surface area contributed by atoms with Crippen LogP contribution in [0, 0.1) is 12.8 Å². The van der Waals surface area contributed by atoms with E-state index in [1.165, 1.54) is 80.0 Å². The van der Waals surface area contributed by atoms with Crippen LogP contribution in [-0.4, -0.2) is 0 Å². The first kappa shape index (κ1) is 32.2. The van der Waals surface area contributed by atoms with Gasteiger partial charge in [-0.25, -0.2) is 0 Å². The molecule has 5 aromatic carbocycles. The molecule has 0 spiro atoms. The van der Waals surface area contributed by atoms with Gasteiger partial charge in [0, 0.05) is 17.3 Å². The van der Waals surface area contributed by atoms with E-state index in [4.69, 9.17) is 0 Å². The Hall–Kier alpha value is -5.36. The van der Waals surface area contributed by atoms with Gasteiger partial charge in [-0.3, -0.25) is 0 Å². The van der Waals surface area contributed by atoms with Crippen molar-refractivity contribution in [1.82, 2.24) is 0 Å². The van der Waals surface area contributed by atoms with Crippen LogP contribution in [0.5, 0.6) is 0 Å². The highest BCUT2D eigenvalue weighted by molar-refractivity contribution is 5.80. The highest BCUT2D eigenvalue weighted by Gasteiger charge is 2.21. The zero-order valence-corrected chi connectivity index (χ0v) is 28.8. The number of hydrogen-bond acceptors (Lipinski definition) is 1. The first-order valence-corrected chi connectivity index (χ1v) is 17.9. The molecular weight excluding hydrogens is 591 g/mol. The largest absolute Gasteiger partial charge is 0.307 e. The van der Waals surface area contributed by atoms with E-state index >= 15 is 0 Å². The van der Waals surface area contributed by atoms with Crippen molar-refractivity contribution in [2.45, 2.75) is 52.4 Å². The molecule has 0 heterocycles. The fourth-order valence-corrected chi connectivity index (χ4v) is 7.27. The van der Waals surface area contributed by atoms with Crippen molar-refractivity contribution >= 4 is 22.5 Å². The number of rotatable bonds is 10. The maximum Gasteiger partial charge on any atom is 0.0655 e. The third-order valence-electron chi connectivity index (χ3n) is 9.82. The summed E-state index contributed by atoms with van der Waals surface area (Å²) >= 11 is 0. The third kappa shape index (κ3) is 7.39. The van der Waals surface area contributed by atoms with Crippen LogP contribution >= 0.6 is 0 Å². The lowest BCUT2D eigenvalue weighted by Crippen LogP contribution is -2.15. The van der Waals surface area contributed by atoms with Gasteiger partial charge < -0.3 is 4.90 Å². The summed E-state index contributed by atoms with van der Waals surface area (Å²) in [7, 11) is 0. The summed E-state index contributed by atoms with van der Waals surface area (Å²) in [6.07, 6.45) is 18.4. The van der Waals surface area contributed by atoms with Crippen molar-refractivity contribution in [2.75, 3.05) is 4.90 Å². The summed E-state index contributed by atoms with van der Waals surface area (Å²) in [4.78, 5) is 2.40. The number of benzene rings is 5. The fourth-order valence-electron chi connectivity index (χ4n) is 7.27. The van der Waals surface area contributed by atoms with Crippen LogP contribution in [0.4, 0.5) is 11.4 Å². The van der Waals surface area contributed by atoms with Crippen molar-refractivity contribution in [3.8, 4) is 22.3 Å². The molecule has 0 saturated heterocycles. The highest BCUT2D eigenvalue weighted by atomic mass is 15.1. The number of nitrogens with zero attached hydrogens (tertiary/aromatic N) is 1. The molecule has 0 radical (unpaired) electrons. The molecule has 1 heteroatoms. The third-order valence-corrected chi connectivity index (χ3v) is 9.82. The monoisotopic (exact) mass is 635 g/mol. The van der Waals surface area contributed by atoms with E-state index in [1.54, 1.807) is 0 Å². The van der Waals surface area contributed by atoms with Gasteiger partial charge in [-0.05, 0) is 126 Å².